The van der Waals surface area contributed by atoms with Gasteiger partial charge in [0.1, 0.15) is 0 Å². The molecule has 4 heteroatoms. The molecule has 0 aromatic carbocycles. The largest absolute Gasteiger partial charge is 0.481 e. The van der Waals surface area contributed by atoms with Crippen molar-refractivity contribution in [3.8, 4) is 0 Å². The second-order valence-corrected chi connectivity index (χ2v) is 6.23. The maximum absolute atomic E-state index is 10.9. The van der Waals surface area contributed by atoms with Crippen LogP contribution in [0.15, 0.2) is 0 Å². The van der Waals surface area contributed by atoms with Crippen molar-refractivity contribution in [2.75, 3.05) is 19.7 Å². The Labute approximate surface area is 108 Å². The summed E-state index contributed by atoms with van der Waals surface area (Å²) in [7, 11) is 0. The van der Waals surface area contributed by atoms with E-state index in [9.17, 15) is 4.79 Å². The Balaban J connectivity index is 1.56. The van der Waals surface area contributed by atoms with E-state index >= 15 is 0 Å². The van der Waals surface area contributed by atoms with Gasteiger partial charge in [-0.3, -0.25) is 9.69 Å². The van der Waals surface area contributed by atoms with Gasteiger partial charge in [-0.15, -0.1) is 0 Å². The summed E-state index contributed by atoms with van der Waals surface area (Å²) >= 11 is 0. The molecule has 0 aromatic heterocycles. The molecule has 3 rings (SSSR count). The molecule has 1 aliphatic carbocycles. The van der Waals surface area contributed by atoms with Crippen molar-refractivity contribution in [2.24, 2.45) is 5.92 Å². The Morgan fingerprint density at radius 1 is 1.22 bits per heavy atom. The first-order valence-electron chi connectivity index (χ1n) is 7.29. The highest BCUT2D eigenvalue weighted by atomic mass is 16.5. The monoisotopic (exact) mass is 253 g/mol. The van der Waals surface area contributed by atoms with Gasteiger partial charge in [0.15, 0.2) is 0 Å². The fourth-order valence-electron chi connectivity index (χ4n) is 3.83. The quantitative estimate of drug-likeness (QED) is 0.816. The number of carboxylic acid groups (broad SMARTS) is 1. The van der Waals surface area contributed by atoms with Crippen molar-refractivity contribution in [1.82, 2.24) is 4.90 Å². The Kier molecular flexibility index (Phi) is 3.32. The van der Waals surface area contributed by atoms with Gasteiger partial charge in [-0.2, -0.15) is 0 Å². The van der Waals surface area contributed by atoms with Crippen LogP contribution in [0.5, 0.6) is 0 Å². The van der Waals surface area contributed by atoms with Gasteiger partial charge in [-0.05, 0) is 25.7 Å². The van der Waals surface area contributed by atoms with Gasteiger partial charge < -0.3 is 9.84 Å². The van der Waals surface area contributed by atoms with Gasteiger partial charge in [-0.1, -0.05) is 19.3 Å². The van der Waals surface area contributed by atoms with Gasteiger partial charge in [0.25, 0.3) is 0 Å². The first-order chi connectivity index (χ1) is 8.69. The molecule has 102 valence electrons. The maximum Gasteiger partial charge on any atom is 0.309 e. The van der Waals surface area contributed by atoms with Gasteiger partial charge >= 0.3 is 5.97 Å². The second kappa shape index (κ2) is 4.82. The molecule has 4 nitrogen and oxygen atoms in total. The van der Waals surface area contributed by atoms with E-state index in [0.717, 1.165) is 32.5 Å². The fraction of sp³-hybridized carbons (Fsp3) is 0.929. The molecule has 1 saturated carbocycles. The minimum atomic E-state index is -0.634. The summed E-state index contributed by atoms with van der Waals surface area (Å²) in [6.07, 6.45) is 8.56. The van der Waals surface area contributed by atoms with Crippen LogP contribution in [0.1, 0.15) is 44.9 Å². The van der Waals surface area contributed by atoms with Crippen molar-refractivity contribution in [3.05, 3.63) is 0 Å². The molecule has 1 atom stereocenters. The average Bonchev–Trinajstić information content (AvgIpc) is 2.27. The average molecular weight is 253 g/mol. The number of likely N-dealkylation sites (tertiary alicyclic amines) is 1. The molecular weight excluding hydrogens is 230 g/mol. The highest BCUT2D eigenvalue weighted by Gasteiger charge is 2.44. The smallest absolute Gasteiger partial charge is 0.309 e. The number of hydrogen-bond acceptors (Lipinski definition) is 3. The van der Waals surface area contributed by atoms with Crippen molar-refractivity contribution in [1.29, 1.82) is 0 Å². The number of hydrogen-bond donors (Lipinski definition) is 1. The first kappa shape index (κ1) is 12.4. The lowest BCUT2D eigenvalue weighted by Gasteiger charge is -2.50. The van der Waals surface area contributed by atoms with E-state index in [1.807, 2.05) is 0 Å². The molecule has 1 N–H and O–H groups in total. The third-order valence-electron chi connectivity index (χ3n) is 5.01. The molecule has 0 radical (unpaired) electrons. The second-order valence-electron chi connectivity index (χ2n) is 6.23. The van der Waals surface area contributed by atoms with E-state index < -0.39 is 5.97 Å². The molecule has 1 spiro atoms. The van der Waals surface area contributed by atoms with Crippen LogP contribution in [0.3, 0.4) is 0 Å². The molecular formula is C14H23NO3. The predicted octanol–water partition coefficient (Wildman–Crippen LogP) is 1.88. The summed E-state index contributed by atoms with van der Waals surface area (Å²) in [4.78, 5) is 13.2. The molecule has 2 aliphatic heterocycles. The van der Waals surface area contributed by atoms with Crippen LogP contribution in [-0.4, -0.2) is 47.3 Å². The Morgan fingerprint density at radius 3 is 2.61 bits per heavy atom. The lowest BCUT2D eigenvalue weighted by atomic mass is 9.77. The van der Waals surface area contributed by atoms with Crippen molar-refractivity contribution < 1.29 is 14.6 Å². The zero-order valence-corrected chi connectivity index (χ0v) is 10.9. The van der Waals surface area contributed by atoms with Crippen LogP contribution in [-0.2, 0) is 9.53 Å². The number of carboxylic acids is 1. The van der Waals surface area contributed by atoms with Gasteiger partial charge in [0.2, 0.25) is 0 Å². The van der Waals surface area contributed by atoms with E-state index in [1.54, 1.807) is 0 Å². The zero-order chi connectivity index (χ0) is 12.6. The van der Waals surface area contributed by atoms with E-state index in [1.165, 1.54) is 32.1 Å². The van der Waals surface area contributed by atoms with Crippen LogP contribution < -0.4 is 0 Å². The summed E-state index contributed by atoms with van der Waals surface area (Å²) in [5.41, 5.74) is 0.134. The van der Waals surface area contributed by atoms with Crippen LogP contribution >= 0.6 is 0 Å². The highest BCUT2D eigenvalue weighted by Crippen LogP contribution is 2.40. The number of carbonyl (C=O) groups is 1. The summed E-state index contributed by atoms with van der Waals surface area (Å²) < 4.78 is 6.09. The molecule has 3 fully saturated rings. The fourth-order valence-corrected chi connectivity index (χ4v) is 3.83. The van der Waals surface area contributed by atoms with Crippen LogP contribution in [0.25, 0.3) is 0 Å². The van der Waals surface area contributed by atoms with E-state index in [2.05, 4.69) is 4.90 Å². The SMILES string of the molecule is O=C(O)C1CN(C2CCOC3(CCCCC3)C2)C1. The number of aliphatic carboxylic acids is 1. The molecule has 1 unspecified atom stereocenters. The summed E-state index contributed by atoms with van der Waals surface area (Å²) in [6, 6.07) is 0.562. The van der Waals surface area contributed by atoms with Crippen LogP contribution in [0.4, 0.5) is 0 Å². The minimum Gasteiger partial charge on any atom is -0.481 e. The molecule has 3 aliphatic rings. The predicted molar refractivity (Wildman–Crippen MR) is 67.5 cm³/mol. The van der Waals surface area contributed by atoms with Crippen LogP contribution in [0.2, 0.25) is 0 Å². The topological polar surface area (TPSA) is 49.8 Å². The maximum atomic E-state index is 10.9. The van der Waals surface area contributed by atoms with Gasteiger partial charge in [-0.25, -0.2) is 0 Å². The summed E-state index contributed by atoms with van der Waals surface area (Å²) in [5.74, 6) is -0.763. The Bertz CT molecular complexity index is 313. The zero-order valence-electron chi connectivity index (χ0n) is 10.9. The molecule has 0 bridgehead atoms. The number of rotatable bonds is 2. The number of ether oxygens (including phenoxy) is 1. The standard InChI is InChI=1S/C14H23NO3/c16-13(17)11-9-15(10-11)12-4-7-18-14(8-12)5-2-1-3-6-14/h11-12H,1-10H2,(H,16,17). The number of nitrogens with zero attached hydrogens (tertiary/aromatic N) is 1. The lowest BCUT2D eigenvalue weighted by molar-refractivity contribution is -0.156. The lowest BCUT2D eigenvalue weighted by Crippen LogP contribution is -2.58. The van der Waals surface area contributed by atoms with Crippen molar-refractivity contribution in [3.63, 3.8) is 0 Å². The van der Waals surface area contributed by atoms with Crippen LogP contribution in [0, 0.1) is 5.92 Å². The highest BCUT2D eigenvalue weighted by molar-refractivity contribution is 5.71. The third-order valence-corrected chi connectivity index (χ3v) is 5.01. The minimum absolute atomic E-state index is 0.129. The van der Waals surface area contributed by atoms with E-state index in [-0.39, 0.29) is 11.5 Å². The van der Waals surface area contributed by atoms with E-state index in [0.29, 0.717) is 6.04 Å². The summed E-state index contributed by atoms with van der Waals surface area (Å²) in [6.45, 7) is 2.35. The first-order valence-corrected chi connectivity index (χ1v) is 7.29. The Hall–Kier alpha value is -0.610. The van der Waals surface area contributed by atoms with Crippen molar-refractivity contribution >= 4 is 5.97 Å². The summed E-state index contributed by atoms with van der Waals surface area (Å²) in [5, 5.41) is 8.94. The molecule has 18 heavy (non-hydrogen) atoms. The van der Waals surface area contributed by atoms with Gasteiger partial charge in [0.05, 0.1) is 11.5 Å². The Morgan fingerprint density at radius 2 is 1.94 bits per heavy atom. The molecule has 0 amide bonds. The van der Waals surface area contributed by atoms with Gasteiger partial charge in [0, 0.05) is 25.7 Å². The molecule has 0 aromatic rings. The van der Waals surface area contributed by atoms with Crippen molar-refractivity contribution in [2.45, 2.75) is 56.6 Å². The molecule has 2 heterocycles. The molecule has 2 saturated heterocycles. The third kappa shape index (κ3) is 2.28. The van der Waals surface area contributed by atoms with E-state index in [4.69, 9.17) is 9.84 Å². The normalized spacial score (nSPS) is 33.2.